The molecule has 0 radical (unpaired) electrons. The molecule has 2 fully saturated rings. The van der Waals surface area contributed by atoms with E-state index in [1.807, 2.05) is 6.07 Å². The first-order valence-corrected chi connectivity index (χ1v) is 8.40. The molecule has 0 amide bonds. The average Bonchev–Trinajstić information content (AvgIpc) is 3.28. The predicted molar refractivity (Wildman–Crippen MR) is 90.6 cm³/mol. The lowest BCUT2D eigenvalue weighted by Gasteiger charge is -2.22. The first-order valence-electron chi connectivity index (χ1n) is 8.40. The van der Waals surface area contributed by atoms with Crippen molar-refractivity contribution in [1.82, 2.24) is 9.97 Å². The second-order valence-electron chi connectivity index (χ2n) is 6.20. The standard InChI is InChI=1S/C18H22N4O/c1-2-6-14(7-3-1)18-15(8-11-23-18)21-16-12-17(20-13-19-16)22-9-4-5-10-22/h1-3,6-7,12-13,15,18H,4-5,8-11H2,(H,19,20,21)/t15-,18+/m1/s1. The third-order valence-electron chi connectivity index (χ3n) is 4.64. The first kappa shape index (κ1) is 14.5. The fourth-order valence-corrected chi connectivity index (χ4v) is 3.44. The molecule has 2 saturated heterocycles. The van der Waals surface area contributed by atoms with Gasteiger partial charge in [0.1, 0.15) is 24.1 Å². The maximum atomic E-state index is 5.94. The van der Waals surface area contributed by atoms with Gasteiger partial charge < -0.3 is 15.0 Å². The lowest BCUT2D eigenvalue weighted by molar-refractivity contribution is 0.107. The molecule has 3 heterocycles. The Morgan fingerprint density at radius 1 is 1.09 bits per heavy atom. The Morgan fingerprint density at radius 2 is 1.91 bits per heavy atom. The maximum Gasteiger partial charge on any atom is 0.134 e. The molecule has 120 valence electrons. The number of nitrogens with zero attached hydrogens (tertiary/aromatic N) is 3. The number of benzene rings is 1. The number of anilines is 2. The Hall–Kier alpha value is -2.14. The van der Waals surface area contributed by atoms with Gasteiger partial charge in [-0.05, 0) is 24.8 Å². The molecule has 1 aromatic carbocycles. The second-order valence-corrected chi connectivity index (χ2v) is 6.20. The van der Waals surface area contributed by atoms with Gasteiger partial charge >= 0.3 is 0 Å². The Labute approximate surface area is 136 Å². The van der Waals surface area contributed by atoms with Crippen LogP contribution in [0.25, 0.3) is 0 Å². The van der Waals surface area contributed by atoms with Crippen LogP contribution in [-0.2, 0) is 4.74 Å². The monoisotopic (exact) mass is 310 g/mol. The summed E-state index contributed by atoms with van der Waals surface area (Å²) in [4.78, 5) is 11.1. The van der Waals surface area contributed by atoms with Crippen LogP contribution < -0.4 is 10.2 Å². The largest absolute Gasteiger partial charge is 0.371 e. The van der Waals surface area contributed by atoms with Gasteiger partial charge in [0.25, 0.3) is 0 Å². The third-order valence-corrected chi connectivity index (χ3v) is 4.64. The van der Waals surface area contributed by atoms with Gasteiger partial charge in [-0.1, -0.05) is 30.3 Å². The zero-order chi connectivity index (χ0) is 15.5. The minimum Gasteiger partial charge on any atom is -0.371 e. The summed E-state index contributed by atoms with van der Waals surface area (Å²) in [6.45, 7) is 2.96. The summed E-state index contributed by atoms with van der Waals surface area (Å²) in [5.74, 6) is 1.91. The van der Waals surface area contributed by atoms with Crippen LogP contribution in [0.15, 0.2) is 42.7 Å². The van der Waals surface area contributed by atoms with Crippen LogP contribution >= 0.6 is 0 Å². The van der Waals surface area contributed by atoms with E-state index in [2.05, 4.69) is 50.5 Å². The van der Waals surface area contributed by atoms with Crippen LogP contribution in [0.5, 0.6) is 0 Å². The van der Waals surface area contributed by atoms with Gasteiger partial charge in [-0.3, -0.25) is 0 Å². The SMILES string of the molecule is c1ccc([C@@H]2OCC[C@H]2Nc2cc(N3CCCC3)ncn2)cc1. The molecule has 2 aromatic rings. The molecular formula is C18H22N4O. The van der Waals surface area contributed by atoms with Gasteiger partial charge in [-0.25, -0.2) is 9.97 Å². The topological polar surface area (TPSA) is 50.3 Å². The van der Waals surface area contributed by atoms with Crippen molar-refractivity contribution in [2.24, 2.45) is 0 Å². The van der Waals surface area contributed by atoms with E-state index in [9.17, 15) is 0 Å². The lowest BCUT2D eigenvalue weighted by Crippen LogP contribution is -2.24. The molecule has 4 rings (SSSR count). The highest BCUT2D eigenvalue weighted by molar-refractivity contribution is 5.49. The number of aromatic nitrogens is 2. The van der Waals surface area contributed by atoms with Crippen molar-refractivity contribution in [3.63, 3.8) is 0 Å². The van der Waals surface area contributed by atoms with Crippen molar-refractivity contribution in [2.75, 3.05) is 29.9 Å². The summed E-state index contributed by atoms with van der Waals surface area (Å²) in [5.41, 5.74) is 1.22. The summed E-state index contributed by atoms with van der Waals surface area (Å²) in [6.07, 6.45) is 5.23. The Kier molecular flexibility index (Phi) is 4.11. The van der Waals surface area contributed by atoms with Gasteiger partial charge in [-0.15, -0.1) is 0 Å². The summed E-state index contributed by atoms with van der Waals surface area (Å²) in [5, 5.41) is 3.55. The van der Waals surface area contributed by atoms with Crippen molar-refractivity contribution in [3.05, 3.63) is 48.3 Å². The molecule has 2 aliphatic heterocycles. The lowest BCUT2D eigenvalue weighted by atomic mass is 10.0. The van der Waals surface area contributed by atoms with Crippen LogP contribution in [0, 0.1) is 0 Å². The molecule has 2 aliphatic rings. The summed E-state index contributed by atoms with van der Waals surface area (Å²) in [6, 6.07) is 12.7. The van der Waals surface area contributed by atoms with E-state index in [-0.39, 0.29) is 12.1 Å². The van der Waals surface area contributed by atoms with Crippen molar-refractivity contribution in [3.8, 4) is 0 Å². The first-order chi connectivity index (χ1) is 11.4. The number of nitrogens with one attached hydrogen (secondary N) is 1. The molecule has 5 heteroatoms. The summed E-state index contributed by atoms with van der Waals surface area (Å²) >= 11 is 0. The Bertz CT molecular complexity index is 642. The van der Waals surface area contributed by atoms with E-state index in [1.54, 1.807) is 6.33 Å². The van der Waals surface area contributed by atoms with Gasteiger partial charge in [0.05, 0.1) is 6.04 Å². The summed E-state index contributed by atoms with van der Waals surface area (Å²) in [7, 11) is 0. The van der Waals surface area contributed by atoms with Crippen LogP contribution in [0.2, 0.25) is 0 Å². The average molecular weight is 310 g/mol. The van der Waals surface area contributed by atoms with Crippen LogP contribution in [0.1, 0.15) is 30.9 Å². The molecule has 1 aromatic heterocycles. The molecular weight excluding hydrogens is 288 g/mol. The highest BCUT2D eigenvalue weighted by Gasteiger charge is 2.30. The van der Waals surface area contributed by atoms with Crippen molar-refractivity contribution >= 4 is 11.6 Å². The fourth-order valence-electron chi connectivity index (χ4n) is 3.44. The minimum atomic E-state index is 0.0846. The smallest absolute Gasteiger partial charge is 0.134 e. The normalized spacial score (nSPS) is 24.1. The molecule has 5 nitrogen and oxygen atoms in total. The predicted octanol–water partition coefficient (Wildman–Crippen LogP) is 3.02. The molecule has 0 aliphatic carbocycles. The number of ether oxygens (including phenoxy) is 1. The molecule has 0 bridgehead atoms. The Morgan fingerprint density at radius 3 is 2.74 bits per heavy atom. The molecule has 0 saturated carbocycles. The fraction of sp³-hybridized carbons (Fsp3) is 0.444. The van der Waals surface area contributed by atoms with Crippen molar-refractivity contribution in [2.45, 2.75) is 31.4 Å². The molecule has 23 heavy (non-hydrogen) atoms. The van der Waals surface area contributed by atoms with E-state index >= 15 is 0 Å². The van der Waals surface area contributed by atoms with Gasteiger partial charge in [0.2, 0.25) is 0 Å². The molecule has 0 unspecified atom stereocenters. The summed E-state index contributed by atoms with van der Waals surface area (Å²) < 4.78 is 5.94. The second kappa shape index (κ2) is 6.54. The number of hydrogen-bond acceptors (Lipinski definition) is 5. The molecule has 1 N–H and O–H groups in total. The number of hydrogen-bond donors (Lipinski definition) is 1. The van der Waals surface area contributed by atoms with E-state index in [4.69, 9.17) is 4.74 Å². The highest BCUT2D eigenvalue weighted by Crippen LogP contribution is 2.31. The zero-order valence-electron chi connectivity index (χ0n) is 13.2. The van der Waals surface area contributed by atoms with Crippen LogP contribution in [-0.4, -0.2) is 35.7 Å². The van der Waals surface area contributed by atoms with Gasteiger partial charge in [0.15, 0.2) is 0 Å². The Balaban J connectivity index is 1.50. The van der Waals surface area contributed by atoms with Crippen LogP contribution in [0.4, 0.5) is 11.6 Å². The van der Waals surface area contributed by atoms with Gasteiger partial charge in [-0.2, -0.15) is 0 Å². The third kappa shape index (κ3) is 3.15. The molecule has 0 spiro atoms. The van der Waals surface area contributed by atoms with Crippen LogP contribution in [0.3, 0.4) is 0 Å². The van der Waals surface area contributed by atoms with Gasteiger partial charge in [0, 0.05) is 25.8 Å². The quantitative estimate of drug-likeness (QED) is 0.941. The maximum absolute atomic E-state index is 5.94. The molecule has 2 atom stereocenters. The minimum absolute atomic E-state index is 0.0846. The van der Waals surface area contributed by atoms with Crippen molar-refractivity contribution < 1.29 is 4.74 Å². The number of rotatable bonds is 4. The highest BCUT2D eigenvalue weighted by atomic mass is 16.5. The van der Waals surface area contributed by atoms with E-state index in [0.29, 0.717) is 0 Å². The van der Waals surface area contributed by atoms with E-state index < -0.39 is 0 Å². The zero-order valence-corrected chi connectivity index (χ0v) is 13.2. The van der Waals surface area contributed by atoms with Crippen molar-refractivity contribution in [1.29, 1.82) is 0 Å². The van der Waals surface area contributed by atoms with E-state index in [0.717, 1.165) is 37.8 Å². The van der Waals surface area contributed by atoms with E-state index in [1.165, 1.54) is 18.4 Å².